The molecule has 3 aromatic heterocycles. The van der Waals surface area contributed by atoms with Crippen LogP contribution < -0.4 is 10.2 Å². The third kappa shape index (κ3) is 3.81. The standard InChI is InChI=1S/C22H20N6OS/c29-22(19-14-16-4-1-2-6-18(16)30-19)28-12-10-27(11-13-28)21-8-7-20(25-26-21)24-17-5-3-9-23-15-17/h1-9,14-15H,10-13H2,(H,24,25). The number of pyridine rings is 1. The summed E-state index contributed by atoms with van der Waals surface area (Å²) < 4.78 is 1.15. The van der Waals surface area contributed by atoms with Crippen molar-refractivity contribution in [2.75, 3.05) is 36.4 Å². The summed E-state index contributed by atoms with van der Waals surface area (Å²) in [6.07, 6.45) is 3.47. The van der Waals surface area contributed by atoms with Crippen LogP contribution in [-0.4, -0.2) is 52.2 Å². The Hall–Kier alpha value is -3.52. The summed E-state index contributed by atoms with van der Waals surface area (Å²) in [5.74, 6) is 1.60. The quantitative estimate of drug-likeness (QED) is 0.546. The molecule has 7 nitrogen and oxygen atoms in total. The highest BCUT2D eigenvalue weighted by atomic mass is 32.1. The van der Waals surface area contributed by atoms with E-state index >= 15 is 0 Å². The van der Waals surface area contributed by atoms with Crippen LogP contribution in [0.5, 0.6) is 0 Å². The molecular formula is C22H20N6OS. The summed E-state index contributed by atoms with van der Waals surface area (Å²) in [6, 6.07) is 17.8. The Labute approximate surface area is 178 Å². The van der Waals surface area contributed by atoms with Gasteiger partial charge in [-0.05, 0) is 41.8 Å². The van der Waals surface area contributed by atoms with Gasteiger partial charge in [-0.3, -0.25) is 9.78 Å². The van der Waals surface area contributed by atoms with Gasteiger partial charge in [0.2, 0.25) is 0 Å². The zero-order chi connectivity index (χ0) is 20.3. The molecule has 5 rings (SSSR count). The van der Waals surface area contributed by atoms with E-state index in [0.717, 1.165) is 39.6 Å². The summed E-state index contributed by atoms with van der Waals surface area (Å²) in [5.41, 5.74) is 0.868. The molecule has 0 atom stereocenters. The molecule has 8 heteroatoms. The van der Waals surface area contributed by atoms with Crippen molar-refractivity contribution in [1.29, 1.82) is 0 Å². The van der Waals surface area contributed by atoms with E-state index in [0.29, 0.717) is 18.9 Å². The number of fused-ring (bicyclic) bond motifs is 1. The molecule has 1 amide bonds. The summed E-state index contributed by atoms with van der Waals surface area (Å²) in [6.45, 7) is 2.82. The highest BCUT2D eigenvalue weighted by Crippen LogP contribution is 2.27. The van der Waals surface area contributed by atoms with Crippen molar-refractivity contribution in [3.8, 4) is 0 Å². The number of hydrogen-bond acceptors (Lipinski definition) is 7. The second kappa shape index (κ2) is 8.08. The Bertz CT molecular complexity index is 1120. The van der Waals surface area contributed by atoms with Gasteiger partial charge in [0, 0.05) is 37.1 Å². The average molecular weight is 417 g/mol. The van der Waals surface area contributed by atoms with Crippen molar-refractivity contribution in [1.82, 2.24) is 20.1 Å². The average Bonchev–Trinajstić information content (AvgIpc) is 3.24. The molecule has 0 bridgehead atoms. The van der Waals surface area contributed by atoms with Crippen LogP contribution in [0.3, 0.4) is 0 Å². The number of aromatic nitrogens is 3. The number of piperazine rings is 1. The molecule has 0 saturated carbocycles. The van der Waals surface area contributed by atoms with E-state index in [1.165, 1.54) is 0 Å². The first-order valence-corrected chi connectivity index (χ1v) is 10.6. The van der Waals surface area contributed by atoms with Gasteiger partial charge in [0.25, 0.3) is 5.91 Å². The lowest BCUT2D eigenvalue weighted by molar-refractivity contribution is 0.0751. The Morgan fingerprint density at radius 2 is 1.83 bits per heavy atom. The van der Waals surface area contributed by atoms with Crippen molar-refractivity contribution in [3.05, 3.63) is 71.9 Å². The van der Waals surface area contributed by atoms with Gasteiger partial charge in [-0.25, -0.2) is 0 Å². The normalized spacial score (nSPS) is 14.1. The maximum Gasteiger partial charge on any atom is 0.264 e. The van der Waals surface area contributed by atoms with E-state index in [1.54, 1.807) is 23.7 Å². The van der Waals surface area contributed by atoms with Crippen LogP contribution in [0.15, 0.2) is 67.0 Å². The SMILES string of the molecule is O=C(c1cc2ccccc2s1)N1CCN(c2ccc(Nc3cccnc3)nn2)CC1. The van der Waals surface area contributed by atoms with Gasteiger partial charge in [-0.2, -0.15) is 0 Å². The number of nitrogens with one attached hydrogen (secondary N) is 1. The fourth-order valence-corrected chi connectivity index (χ4v) is 4.56. The number of thiophene rings is 1. The Morgan fingerprint density at radius 3 is 2.57 bits per heavy atom. The molecule has 1 saturated heterocycles. The van der Waals surface area contributed by atoms with E-state index in [-0.39, 0.29) is 5.91 Å². The van der Waals surface area contributed by atoms with Crippen LogP contribution >= 0.6 is 11.3 Å². The van der Waals surface area contributed by atoms with Gasteiger partial charge in [0.05, 0.1) is 16.8 Å². The lowest BCUT2D eigenvalue weighted by Gasteiger charge is -2.35. The molecule has 1 aromatic carbocycles. The van der Waals surface area contributed by atoms with Crippen LogP contribution in [0.1, 0.15) is 9.67 Å². The smallest absolute Gasteiger partial charge is 0.264 e. The number of carbonyl (C=O) groups is 1. The number of hydrogen-bond donors (Lipinski definition) is 1. The van der Waals surface area contributed by atoms with Gasteiger partial charge in [-0.15, -0.1) is 21.5 Å². The van der Waals surface area contributed by atoms with Gasteiger partial charge in [0.15, 0.2) is 11.6 Å². The van der Waals surface area contributed by atoms with E-state index < -0.39 is 0 Å². The van der Waals surface area contributed by atoms with Crippen LogP contribution in [0.25, 0.3) is 10.1 Å². The van der Waals surface area contributed by atoms with Crippen LogP contribution in [0, 0.1) is 0 Å². The first kappa shape index (κ1) is 18.5. The number of nitrogens with zero attached hydrogens (tertiary/aromatic N) is 5. The molecule has 1 fully saturated rings. The van der Waals surface area contributed by atoms with Crippen molar-refractivity contribution >= 4 is 44.7 Å². The summed E-state index contributed by atoms with van der Waals surface area (Å²) >= 11 is 1.56. The largest absolute Gasteiger partial charge is 0.352 e. The molecular weight excluding hydrogens is 396 g/mol. The van der Waals surface area contributed by atoms with Crippen molar-refractivity contribution in [2.45, 2.75) is 0 Å². The number of anilines is 3. The molecule has 1 N–H and O–H groups in total. The molecule has 30 heavy (non-hydrogen) atoms. The molecule has 0 aliphatic carbocycles. The maximum atomic E-state index is 12.9. The number of benzene rings is 1. The monoisotopic (exact) mass is 416 g/mol. The molecule has 4 heterocycles. The number of carbonyl (C=O) groups excluding carboxylic acids is 1. The van der Waals surface area contributed by atoms with Crippen LogP contribution in [-0.2, 0) is 0 Å². The molecule has 1 aliphatic rings. The van der Waals surface area contributed by atoms with E-state index in [2.05, 4.69) is 31.5 Å². The van der Waals surface area contributed by atoms with Gasteiger partial charge in [0.1, 0.15) is 0 Å². The lowest BCUT2D eigenvalue weighted by Crippen LogP contribution is -2.48. The highest BCUT2D eigenvalue weighted by molar-refractivity contribution is 7.20. The molecule has 150 valence electrons. The summed E-state index contributed by atoms with van der Waals surface area (Å²) in [5, 5.41) is 12.9. The fraction of sp³-hybridized carbons (Fsp3) is 0.182. The van der Waals surface area contributed by atoms with Gasteiger partial charge < -0.3 is 15.1 Å². The number of rotatable bonds is 4. The second-order valence-electron chi connectivity index (χ2n) is 7.07. The molecule has 4 aromatic rings. The highest BCUT2D eigenvalue weighted by Gasteiger charge is 2.24. The molecule has 0 radical (unpaired) electrons. The maximum absolute atomic E-state index is 12.9. The third-order valence-corrected chi connectivity index (χ3v) is 6.22. The zero-order valence-electron chi connectivity index (χ0n) is 16.2. The minimum absolute atomic E-state index is 0.109. The van der Waals surface area contributed by atoms with E-state index in [1.807, 2.05) is 53.4 Å². The zero-order valence-corrected chi connectivity index (χ0v) is 17.0. The minimum Gasteiger partial charge on any atom is -0.352 e. The predicted octanol–water partition coefficient (Wildman–Crippen LogP) is 3.79. The van der Waals surface area contributed by atoms with Crippen molar-refractivity contribution < 1.29 is 4.79 Å². The first-order chi connectivity index (χ1) is 14.8. The van der Waals surface area contributed by atoms with Gasteiger partial charge in [-0.1, -0.05) is 18.2 Å². The fourth-order valence-electron chi connectivity index (χ4n) is 3.53. The summed E-state index contributed by atoms with van der Waals surface area (Å²) in [7, 11) is 0. The molecule has 0 spiro atoms. The second-order valence-corrected chi connectivity index (χ2v) is 8.15. The Balaban J connectivity index is 1.20. The predicted molar refractivity (Wildman–Crippen MR) is 119 cm³/mol. The Morgan fingerprint density at radius 1 is 0.967 bits per heavy atom. The van der Waals surface area contributed by atoms with Crippen molar-refractivity contribution in [2.24, 2.45) is 0 Å². The lowest BCUT2D eigenvalue weighted by atomic mass is 10.2. The van der Waals surface area contributed by atoms with E-state index in [4.69, 9.17) is 0 Å². The first-order valence-electron chi connectivity index (χ1n) is 9.80. The number of amides is 1. The minimum atomic E-state index is 0.109. The Kier molecular flexibility index (Phi) is 4.98. The van der Waals surface area contributed by atoms with Crippen LogP contribution in [0.2, 0.25) is 0 Å². The van der Waals surface area contributed by atoms with Crippen molar-refractivity contribution in [3.63, 3.8) is 0 Å². The van der Waals surface area contributed by atoms with Crippen LogP contribution in [0.4, 0.5) is 17.3 Å². The topological polar surface area (TPSA) is 74.2 Å². The molecule has 0 unspecified atom stereocenters. The summed E-state index contributed by atoms with van der Waals surface area (Å²) in [4.78, 5) is 21.9. The van der Waals surface area contributed by atoms with E-state index in [9.17, 15) is 4.79 Å². The molecule has 1 aliphatic heterocycles. The third-order valence-electron chi connectivity index (χ3n) is 5.11. The van der Waals surface area contributed by atoms with Gasteiger partial charge >= 0.3 is 0 Å².